The highest BCUT2D eigenvalue weighted by Crippen LogP contribution is 2.28. The van der Waals surface area contributed by atoms with Crippen LogP contribution in [0, 0.1) is 5.92 Å². The van der Waals surface area contributed by atoms with Crippen LogP contribution in [0.2, 0.25) is 0 Å². The number of carbonyl (C=O) groups is 1. The number of anilines is 1. The van der Waals surface area contributed by atoms with Crippen LogP contribution < -0.4 is 10.5 Å². The van der Waals surface area contributed by atoms with Crippen LogP contribution >= 0.6 is 0 Å². The molecule has 0 radical (unpaired) electrons. The molecule has 2 N–H and O–H groups in total. The minimum absolute atomic E-state index is 0.0550. The molecule has 19 heavy (non-hydrogen) atoms. The van der Waals surface area contributed by atoms with Gasteiger partial charge in [-0.2, -0.15) is 0 Å². The Morgan fingerprint density at radius 3 is 2.68 bits per heavy atom. The Bertz CT molecular complexity index is 442. The van der Waals surface area contributed by atoms with Crippen LogP contribution in [-0.2, 0) is 4.79 Å². The van der Waals surface area contributed by atoms with Gasteiger partial charge in [0.1, 0.15) is 5.75 Å². The first-order valence-electron chi connectivity index (χ1n) is 6.84. The van der Waals surface area contributed by atoms with Crippen molar-refractivity contribution in [2.45, 2.75) is 32.7 Å². The molecule has 0 atom stereocenters. The quantitative estimate of drug-likeness (QED) is 0.800. The van der Waals surface area contributed by atoms with E-state index in [1.165, 1.54) is 0 Å². The fourth-order valence-corrected chi connectivity index (χ4v) is 2.07. The average Bonchev–Trinajstić information content (AvgIpc) is 3.18. The Balaban J connectivity index is 1.90. The first kappa shape index (κ1) is 13.7. The van der Waals surface area contributed by atoms with E-state index in [0.29, 0.717) is 23.4 Å². The summed E-state index contributed by atoms with van der Waals surface area (Å²) < 4.78 is 5.52. The SMILES string of the molecule is CC(C)CN(C(=O)COc1ccccc1N)C1CC1. The minimum atomic E-state index is 0.0550. The van der Waals surface area contributed by atoms with Crippen molar-refractivity contribution >= 4 is 11.6 Å². The Kier molecular flexibility index (Phi) is 4.30. The van der Waals surface area contributed by atoms with E-state index >= 15 is 0 Å². The fourth-order valence-electron chi connectivity index (χ4n) is 2.07. The third-order valence-electron chi connectivity index (χ3n) is 3.14. The van der Waals surface area contributed by atoms with Gasteiger partial charge in [0.05, 0.1) is 5.69 Å². The van der Waals surface area contributed by atoms with E-state index in [0.717, 1.165) is 19.4 Å². The van der Waals surface area contributed by atoms with E-state index in [2.05, 4.69) is 13.8 Å². The molecule has 4 heteroatoms. The van der Waals surface area contributed by atoms with E-state index in [-0.39, 0.29) is 12.5 Å². The molecule has 0 spiro atoms. The number of benzene rings is 1. The maximum absolute atomic E-state index is 12.2. The molecule has 104 valence electrons. The highest BCUT2D eigenvalue weighted by molar-refractivity contribution is 5.78. The van der Waals surface area contributed by atoms with Crippen molar-refractivity contribution in [2.75, 3.05) is 18.9 Å². The average molecular weight is 262 g/mol. The molecular weight excluding hydrogens is 240 g/mol. The lowest BCUT2D eigenvalue weighted by atomic mass is 10.2. The van der Waals surface area contributed by atoms with Crippen molar-refractivity contribution in [1.82, 2.24) is 4.90 Å². The number of carbonyl (C=O) groups excluding carboxylic acids is 1. The molecule has 0 saturated heterocycles. The van der Waals surface area contributed by atoms with Crippen LogP contribution in [0.15, 0.2) is 24.3 Å². The topological polar surface area (TPSA) is 55.6 Å². The second-order valence-electron chi connectivity index (χ2n) is 5.50. The van der Waals surface area contributed by atoms with Crippen molar-refractivity contribution in [3.05, 3.63) is 24.3 Å². The molecule has 0 heterocycles. The maximum atomic E-state index is 12.2. The van der Waals surface area contributed by atoms with Gasteiger partial charge in [0.15, 0.2) is 6.61 Å². The number of hydrogen-bond acceptors (Lipinski definition) is 3. The van der Waals surface area contributed by atoms with Gasteiger partial charge in [-0.05, 0) is 30.9 Å². The van der Waals surface area contributed by atoms with Gasteiger partial charge in [0.2, 0.25) is 0 Å². The van der Waals surface area contributed by atoms with E-state index in [9.17, 15) is 4.79 Å². The standard InChI is InChI=1S/C15H22N2O2/c1-11(2)9-17(12-7-8-12)15(18)10-19-14-6-4-3-5-13(14)16/h3-6,11-12H,7-10,16H2,1-2H3. The lowest BCUT2D eigenvalue weighted by Gasteiger charge is -2.24. The lowest BCUT2D eigenvalue weighted by molar-refractivity contribution is -0.134. The van der Waals surface area contributed by atoms with Gasteiger partial charge in [-0.15, -0.1) is 0 Å². The molecule has 0 aliphatic heterocycles. The molecule has 2 rings (SSSR count). The monoisotopic (exact) mass is 262 g/mol. The normalized spacial score (nSPS) is 14.5. The molecule has 0 aromatic heterocycles. The zero-order valence-electron chi connectivity index (χ0n) is 11.6. The van der Waals surface area contributed by atoms with E-state index in [1.807, 2.05) is 17.0 Å². The third-order valence-corrected chi connectivity index (χ3v) is 3.14. The molecule has 1 aliphatic rings. The summed E-state index contributed by atoms with van der Waals surface area (Å²) in [6.45, 7) is 5.12. The molecular formula is C15H22N2O2. The predicted octanol–water partition coefficient (Wildman–Crippen LogP) is 2.29. The summed E-state index contributed by atoms with van der Waals surface area (Å²) in [5, 5.41) is 0. The lowest BCUT2D eigenvalue weighted by Crippen LogP contribution is -2.39. The maximum Gasteiger partial charge on any atom is 0.260 e. The van der Waals surface area contributed by atoms with Crippen molar-refractivity contribution in [2.24, 2.45) is 5.92 Å². The van der Waals surface area contributed by atoms with Crippen LogP contribution in [0.4, 0.5) is 5.69 Å². The Hall–Kier alpha value is -1.71. The molecule has 1 fully saturated rings. The van der Waals surface area contributed by atoms with Crippen molar-refractivity contribution < 1.29 is 9.53 Å². The van der Waals surface area contributed by atoms with Crippen molar-refractivity contribution in [3.63, 3.8) is 0 Å². The van der Waals surface area contributed by atoms with Gasteiger partial charge in [0.25, 0.3) is 5.91 Å². The first-order chi connectivity index (χ1) is 9.08. The summed E-state index contributed by atoms with van der Waals surface area (Å²) in [4.78, 5) is 14.2. The van der Waals surface area contributed by atoms with Crippen LogP contribution in [0.5, 0.6) is 5.75 Å². The van der Waals surface area contributed by atoms with E-state index < -0.39 is 0 Å². The summed E-state index contributed by atoms with van der Waals surface area (Å²) in [5.41, 5.74) is 6.35. The number of rotatable bonds is 6. The smallest absolute Gasteiger partial charge is 0.260 e. The van der Waals surface area contributed by atoms with Gasteiger partial charge in [-0.1, -0.05) is 26.0 Å². The molecule has 0 unspecified atom stereocenters. The van der Waals surface area contributed by atoms with Gasteiger partial charge >= 0.3 is 0 Å². The highest BCUT2D eigenvalue weighted by Gasteiger charge is 2.32. The molecule has 4 nitrogen and oxygen atoms in total. The van der Waals surface area contributed by atoms with Gasteiger partial charge < -0.3 is 15.4 Å². The molecule has 1 aromatic rings. The highest BCUT2D eigenvalue weighted by atomic mass is 16.5. The van der Waals surface area contributed by atoms with E-state index in [4.69, 9.17) is 10.5 Å². The zero-order chi connectivity index (χ0) is 13.8. The van der Waals surface area contributed by atoms with Crippen LogP contribution in [0.25, 0.3) is 0 Å². The summed E-state index contributed by atoms with van der Waals surface area (Å²) in [6.07, 6.45) is 2.23. The number of nitrogens with zero attached hydrogens (tertiary/aromatic N) is 1. The number of para-hydroxylation sites is 2. The Morgan fingerprint density at radius 1 is 1.42 bits per heavy atom. The molecule has 1 aliphatic carbocycles. The summed E-state index contributed by atoms with van der Waals surface area (Å²) in [6, 6.07) is 7.67. The van der Waals surface area contributed by atoms with Gasteiger partial charge in [-0.3, -0.25) is 4.79 Å². The first-order valence-corrected chi connectivity index (χ1v) is 6.84. The van der Waals surface area contributed by atoms with E-state index in [1.54, 1.807) is 12.1 Å². The summed E-state index contributed by atoms with van der Waals surface area (Å²) in [5.74, 6) is 1.11. The molecule has 1 saturated carbocycles. The number of hydrogen-bond donors (Lipinski definition) is 1. The van der Waals surface area contributed by atoms with Crippen LogP contribution in [-0.4, -0.2) is 30.0 Å². The summed E-state index contributed by atoms with van der Waals surface area (Å²) in [7, 11) is 0. The second-order valence-corrected chi connectivity index (χ2v) is 5.50. The van der Waals surface area contributed by atoms with Crippen LogP contribution in [0.1, 0.15) is 26.7 Å². The van der Waals surface area contributed by atoms with Crippen molar-refractivity contribution in [1.29, 1.82) is 0 Å². The zero-order valence-corrected chi connectivity index (χ0v) is 11.6. The fraction of sp³-hybridized carbons (Fsp3) is 0.533. The van der Waals surface area contributed by atoms with Gasteiger partial charge in [-0.25, -0.2) is 0 Å². The molecule has 0 bridgehead atoms. The third kappa shape index (κ3) is 3.88. The Labute approximate surface area is 114 Å². The molecule has 1 aromatic carbocycles. The Morgan fingerprint density at radius 2 is 2.11 bits per heavy atom. The molecule has 1 amide bonds. The minimum Gasteiger partial charge on any atom is -0.482 e. The second kappa shape index (κ2) is 5.95. The van der Waals surface area contributed by atoms with Crippen molar-refractivity contribution in [3.8, 4) is 5.75 Å². The number of ether oxygens (including phenoxy) is 1. The number of nitrogens with two attached hydrogens (primary N) is 1. The van der Waals surface area contributed by atoms with Gasteiger partial charge in [0, 0.05) is 12.6 Å². The van der Waals surface area contributed by atoms with Crippen LogP contribution in [0.3, 0.4) is 0 Å². The predicted molar refractivity (Wildman–Crippen MR) is 75.9 cm³/mol. The number of amides is 1. The largest absolute Gasteiger partial charge is 0.482 e. The summed E-state index contributed by atoms with van der Waals surface area (Å²) >= 11 is 0. The number of nitrogen functional groups attached to an aromatic ring is 1.